The third kappa shape index (κ3) is 3.63. The number of rotatable bonds is 1. The van der Waals surface area contributed by atoms with Gasteiger partial charge in [-0.05, 0) is 13.0 Å². The van der Waals surface area contributed by atoms with Crippen molar-refractivity contribution < 1.29 is 69.4 Å². The quantitative estimate of drug-likeness (QED) is 0.580. The first-order valence-electron chi connectivity index (χ1n) is 3.40. The number of hydrogen-bond acceptors (Lipinski definition) is 1. The van der Waals surface area contributed by atoms with Crippen LogP contribution in [0, 0.1) is 6.92 Å². The van der Waals surface area contributed by atoms with Crippen LogP contribution in [0.1, 0.15) is 5.56 Å². The van der Waals surface area contributed by atoms with Gasteiger partial charge in [-0.2, -0.15) is 0 Å². The Morgan fingerprint density at radius 1 is 1.23 bits per heavy atom. The van der Waals surface area contributed by atoms with Crippen molar-refractivity contribution in [1.82, 2.24) is 0 Å². The number of aryl methyl sites for hydroxylation is 1. The predicted octanol–water partition coefficient (Wildman–Crippen LogP) is -1.24. The SMILES string of the molecule is Cc1ccc(O)c([B-](F)(F)F)c1.[K+]. The predicted molar refractivity (Wildman–Crippen MR) is 41.6 cm³/mol. The summed E-state index contributed by atoms with van der Waals surface area (Å²) in [7, 11) is 0. The summed E-state index contributed by atoms with van der Waals surface area (Å²) in [6.07, 6.45) is 0. The van der Waals surface area contributed by atoms with Crippen LogP contribution in [0.2, 0.25) is 0 Å². The molecule has 0 saturated carbocycles. The smallest absolute Gasteiger partial charge is 0.511 e. The fourth-order valence-electron chi connectivity index (χ4n) is 0.936. The molecule has 0 heterocycles. The molecule has 1 aromatic rings. The maximum Gasteiger partial charge on any atom is 1.00 e. The summed E-state index contributed by atoms with van der Waals surface area (Å²) in [6, 6.07) is 3.43. The van der Waals surface area contributed by atoms with Gasteiger partial charge >= 0.3 is 58.4 Å². The van der Waals surface area contributed by atoms with Crippen LogP contribution in [-0.4, -0.2) is 12.1 Å². The van der Waals surface area contributed by atoms with E-state index in [1.807, 2.05) is 0 Å². The first kappa shape index (κ1) is 13.5. The topological polar surface area (TPSA) is 20.2 Å². The molecule has 1 N–H and O–H groups in total. The molecule has 0 amide bonds. The minimum atomic E-state index is -5.10. The van der Waals surface area contributed by atoms with Gasteiger partial charge in [0.05, 0.1) is 5.75 Å². The van der Waals surface area contributed by atoms with Crippen molar-refractivity contribution >= 4 is 12.4 Å². The molecule has 6 heteroatoms. The third-order valence-electron chi connectivity index (χ3n) is 1.54. The molecule has 0 atom stereocenters. The fraction of sp³-hybridized carbons (Fsp3) is 0.143. The Bertz CT molecular complexity index is 300. The molecule has 0 aliphatic heterocycles. The molecular formula is C7H7BF3KO. The fourth-order valence-corrected chi connectivity index (χ4v) is 0.936. The number of benzene rings is 1. The molecule has 0 unspecified atom stereocenters. The zero-order valence-electron chi connectivity index (χ0n) is 7.39. The van der Waals surface area contributed by atoms with Gasteiger partial charge in [0, 0.05) is 0 Å². The Morgan fingerprint density at radius 2 is 1.77 bits per heavy atom. The minimum Gasteiger partial charge on any atom is -0.511 e. The molecule has 0 radical (unpaired) electrons. The van der Waals surface area contributed by atoms with Crippen molar-refractivity contribution in [2.45, 2.75) is 6.92 Å². The molecule has 0 aromatic heterocycles. The maximum atomic E-state index is 12.1. The van der Waals surface area contributed by atoms with E-state index in [1.165, 1.54) is 6.07 Å². The van der Waals surface area contributed by atoms with E-state index in [-0.39, 0.29) is 51.4 Å². The van der Waals surface area contributed by atoms with E-state index >= 15 is 0 Å². The van der Waals surface area contributed by atoms with Crippen molar-refractivity contribution in [3.63, 3.8) is 0 Å². The number of aromatic hydroxyl groups is 1. The summed E-state index contributed by atoms with van der Waals surface area (Å²) < 4.78 is 36.4. The van der Waals surface area contributed by atoms with Crippen molar-refractivity contribution in [1.29, 1.82) is 0 Å². The Kier molecular flexibility index (Phi) is 5.03. The largest absolute Gasteiger partial charge is 1.00 e. The maximum absolute atomic E-state index is 12.1. The number of hydrogen-bond donors (Lipinski definition) is 1. The van der Waals surface area contributed by atoms with Gasteiger partial charge in [0.25, 0.3) is 0 Å². The summed E-state index contributed by atoms with van der Waals surface area (Å²) in [5.74, 6) is -0.701. The molecule has 13 heavy (non-hydrogen) atoms. The van der Waals surface area contributed by atoms with Crippen LogP contribution in [0.3, 0.4) is 0 Å². The Balaban J connectivity index is 0.00000144. The van der Waals surface area contributed by atoms with Crippen LogP contribution in [0.4, 0.5) is 12.9 Å². The molecular weight excluding hydrogens is 207 g/mol. The van der Waals surface area contributed by atoms with E-state index in [1.54, 1.807) is 6.92 Å². The van der Waals surface area contributed by atoms with Gasteiger partial charge < -0.3 is 18.1 Å². The zero-order chi connectivity index (χ0) is 9.35. The van der Waals surface area contributed by atoms with E-state index in [2.05, 4.69) is 0 Å². The molecule has 66 valence electrons. The van der Waals surface area contributed by atoms with Crippen molar-refractivity contribution in [3.8, 4) is 5.75 Å². The first-order valence-corrected chi connectivity index (χ1v) is 3.40. The molecule has 0 fully saturated rings. The van der Waals surface area contributed by atoms with Crippen LogP contribution in [-0.2, 0) is 0 Å². The molecule has 0 aliphatic rings. The summed E-state index contributed by atoms with van der Waals surface area (Å²) in [5, 5.41) is 8.87. The number of phenols is 1. The van der Waals surface area contributed by atoms with E-state index in [9.17, 15) is 12.9 Å². The van der Waals surface area contributed by atoms with E-state index < -0.39 is 18.2 Å². The molecule has 0 aliphatic carbocycles. The number of halogens is 3. The molecule has 0 saturated heterocycles. The van der Waals surface area contributed by atoms with Crippen LogP contribution in [0.5, 0.6) is 5.75 Å². The molecule has 1 rings (SSSR count). The second-order valence-corrected chi connectivity index (χ2v) is 2.64. The summed E-state index contributed by atoms with van der Waals surface area (Å²) in [5.41, 5.74) is -0.433. The molecule has 0 spiro atoms. The van der Waals surface area contributed by atoms with Gasteiger partial charge in [-0.1, -0.05) is 23.2 Å². The number of phenolic OH excluding ortho intramolecular Hbond substituents is 1. The van der Waals surface area contributed by atoms with Crippen LogP contribution < -0.4 is 56.8 Å². The minimum absolute atomic E-state index is 0. The van der Waals surface area contributed by atoms with E-state index in [0.717, 1.165) is 12.1 Å². The zero-order valence-corrected chi connectivity index (χ0v) is 10.5. The second kappa shape index (κ2) is 4.84. The Labute approximate surface area is 117 Å². The van der Waals surface area contributed by atoms with Crippen molar-refractivity contribution in [2.24, 2.45) is 0 Å². The average molecular weight is 214 g/mol. The van der Waals surface area contributed by atoms with Gasteiger partial charge in [-0.15, -0.1) is 0 Å². The van der Waals surface area contributed by atoms with Gasteiger partial charge in [-0.25, -0.2) is 0 Å². The molecule has 1 aromatic carbocycles. The molecule has 0 bridgehead atoms. The van der Waals surface area contributed by atoms with E-state index in [4.69, 9.17) is 5.11 Å². The third-order valence-corrected chi connectivity index (χ3v) is 1.54. The van der Waals surface area contributed by atoms with Crippen LogP contribution in [0.15, 0.2) is 18.2 Å². The van der Waals surface area contributed by atoms with Crippen molar-refractivity contribution in [3.05, 3.63) is 23.8 Å². The monoisotopic (exact) mass is 214 g/mol. The Morgan fingerprint density at radius 3 is 2.15 bits per heavy atom. The average Bonchev–Trinajstić information content (AvgIpc) is 1.92. The normalized spacial score (nSPS) is 10.8. The van der Waals surface area contributed by atoms with Gasteiger partial charge in [0.15, 0.2) is 0 Å². The van der Waals surface area contributed by atoms with Crippen LogP contribution in [0.25, 0.3) is 0 Å². The summed E-state index contributed by atoms with van der Waals surface area (Å²) in [6.45, 7) is -3.55. The first-order chi connectivity index (χ1) is 5.41. The standard InChI is InChI=1S/C7H7BF3O.K/c1-5-2-3-7(12)6(4-5)8(9,10)11;/h2-4,12H,1H3;/q-1;+1. The van der Waals surface area contributed by atoms with E-state index in [0.29, 0.717) is 5.56 Å². The molecule has 1 nitrogen and oxygen atoms in total. The van der Waals surface area contributed by atoms with Gasteiger partial charge in [0.2, 0.25) is 0 Å². The van der Waals surface area contributed by atoms with Gasteiger partial charge in [0.1, 0.15) is 0 Å². The van der Waals surface area contributed by atoms with Gasteiger partial charge in [-0.3, -0.25) is 0 Å². The summed E-state index contributed by atoms with van der Waals surface area (Å²) >= 11 is 0. The Hall–Kier alpha value is 0.511. The van der Waals surface area contributed by atoms with Crippen molar-refractivity contribution in [2.75, 3.05) is 0 Å². The van der Waals surface area contributed by atoms with Crippen LogP contribution >= 0.6 is 0 Å². The second-order valence-electron chi connectivity index (χ2n) is 2.64. The summed E-state index contributed by atoms with van der Waals surface area (Å²) in [4.78, 5) is 0.